The fraction of sp³-hybridized carbons (Fsp3) is 0.174. The number of nitrogens with one attached hydrogen (secondary N) is 1. The molecule has 1 heterocycles. The number of hydrogen-bond donors (Lipinski definition) is 1. The van der Waals surface area contributed by atoms with Gasteiger partial charge in [-0.25, -0.2) is 8.42 Å². The first-order valence-corrected chi connectivity index (χ1v) is 12.1. The molecule has 0 spiro atoms. The minimum absolute atomic E-state index is 0.120. The summed E-state index contributed by atoms with van der Waals surface area (Å²) in [5.74, 6) is -0.120. The molecule has 6 nitrogen and oxygen atoms in total. The first-order chi connectivity index (χ1) is 15.3. The maximum Gasteiger partial charge on any atom is 0.264 e. The summed E-state index contributed by atoms with van der Waals surface area (Å²) in [6.45, 7) is 0.205. The molecule has 0 fully saturated rings. The SMILES string of the molecule is O=C(NCCc1ccc(Cl)cc1)[C@H]1CN(S(=O)(=O)c2ccccc2)c2cc(Cl)ccc2O1. The maximum absolute atomic E-state index is 13.3. The van der Waals surface area contributed by atoms with E-state index in [9.17, 15) is 13.2 Å². The average Bonchev–Trinajstić information content (AvgIpc) is 2.80. The van der Waals surface area contributed by atoms with Gasteiger partial charge in [-0.05, 0) is 54.4 Å². The monoisotopic (exact) mass is 490 g/mol. The quantitative estimate of drug-likeness (QED) is 0.558. The third kappa shape index (κ3) is 4.85. The first kappa shape index (κ1) is 22.5. The molecule has 9 heteroatoms. The number of carbonyl (C=O) groups excluding carboxylic acids is 1. The Hall–Kier alpha value is -2.74. The van der Waals surface area contributed by atoms with Gasteiger partial charge >= 0.3 is 0 Å². The summed E-state index contributed by atoms with van der Waals surface area (Å²) in [6.07, 6.45) is -0.402. The van der Waals surface area contributed by atoms with Gasteiger partial charge in [-0.3, -0.25) is 9.10 Å². The van der Waals surface area contributed by atoms with Crippen molar-refractivity contribution in [2.24, 2.45) is 0 Å². The molecule has 0 radical (unpaired) electrons. The number of benzene rings is 3. The molecule has 0 saturated carbocycles. The van der Waals surface area contributed by atoms with Gasteiger partial charge in [-0.1, -0.05) is 53.5 Å². The minimum atomic E-state index is -3.92. The van der Waals surface area contributed by atoms with Crippen molar-refractivity contribution in [3.8, 4) is 5.75 Å². The molecule has 4 rings (SSSR count). The molecule has 0 aliphatic carbocycles. The zero-order valence-electron chi connectivity index (χ0n) is 16.9. The Bertz CT molecular complexity index is 1220. The minimum Gasteiger partial charge on any atom is -0.476 e. The van der Waals surface area contributed by atoms with Crippen LogP contribution in [0, 0.1) is 0 Å². The molecule has 0 unspecified atom stereocenters. The predicted octanol–water partition coefficient (Wildman–Crippen LogP) is 4.31. The Kier molecular flexibility index (Phi) is 6.60. The zero-order chi connectivity index (χ0) is 22.7. The lowest BCUT2D eigenvalue weighted by molar-refractivity contribution is -0.127. The van der Waals surface area contributed by atoms with E-state index < -0.39 is 22.0 Å². The third-order valence-electron chi connectivity index (χ3n) is 5.04. The van der Waals surface area contributed by atoms with Gasteiger partial charge in [0, 0.05) is 16.6 Å². The van der Waals surface area contributed by atoms with Gasteiger partial charge in [-0.2, -0.15) is 0 Å². The average molecular weight is 491 g/mol. The lowest BCUT2D eigenvalue weighted by Crippen LogP contribution is -2.51. The Morgan fingerprint density at radius 3 is 2.41 bits per heavy atom. The van der Waals surface area contributed by atoms with Crippen LogP contribution >= 0.6 is 23.2 Å². The molecule has 3 aromatic carbocycles. The van der Waals surface area contributed by atoms with E-state index in [0.717, 1.165) is 5.56 Å². The van der Waals surface area contributed by atoms with Crippen molar-refractivity contribution in [3.05, 3.63) is 88.4 Å². The molecular weight excluding hydrogens is 471 g/mol. The van der Waals surface area contributed by atoms with Crippen LogP contribution in [-0.2, 0) is 21.2 Å². The molecule has 0 saturated heterocycles. The van der Waals surface area contributed by atoms with Crippen LogP contribution in [0.15, 0.2) is 77.7 Å². The van der Waals surface area contributed by atoms with E-state index in [0.29, 0.717) is 28.7 Å². The van der Waals surface area contributed by atoms with Crippen molar-refractivity contribution in [2.45, 2.75) is 17.4 Å². The lowest BCUT2D eigenvalue weighted by atomic mass is 10.1. The Morgan fingerprint density at radius 2 is 1.69 bits per heavy atom. The van der Waals surface area contributed by atoms with E-state index in [1.165, 1.54) is 22.5 Å². The van der Waals surface area contributed by atoms with Gasteiger partial charge in [0.2, 0.25) is 0 Å². The second-order valence-corrected chi connectivity index (χ2v) is 9.97. The van der Waals surface area contributed by atoms with Crippen molar-refractivity contribution >= 4 is 44.8 Å². The van der Waals surface area contributed by atoms with Crippen LogP contribution in [0.5, 0.6) is 5.75 Å². The highest BCUT2D eigenvalue weighted by atomic mass is 35.5. The summed E-state index contributed by atoms with van der Waals surface area (Å²) in [5, 5.41) is 3.84. The number of carbonyl (C=O) groups is 1. The second kappa shape index (κ2) is 9.40. The van der Waals surface area contributed by atoms with Gasteiger partial charge in [-0.15, -0.1) is 0 Å². The van der Waals surface area contributed by atoms with E-state index >= 15 is 0 Å². The highest BCUT2D eigenvalue weighted by Crippen LogP contribution is 2.38. The van der Waals surface area contributed by atoms with Gasteiger partial charge in [0.1, 0.15) is 5.75 Å². The number of amides is 1. The fourth-order valence-electron chi connectivity index (χ4n) is 3.40. The summed E-state index contributed by atoms with van der Waals surface area (Å²) in [6, 6.07) is 20.1. The van der Waals surface area contributed by atoms with Crippen LogP contribution < -0.4 is 14.4 Å². The highest BCUT2D eigenvalue weighted by molar-refractivity contribution is 7.92. The molecular formula is C23H20Cl2N2O4S. The maximum atomic E-state index is 13.3. The fourth-order valence-corrected chi connectivity index (χ4v) is 5.18. The van der Waals surface area contributed by atoms with Crippen LogP contribution in [0.4, 0.5) is 5.69 Å². The van der Waals surface area contributed by atoms with Crippen LogP contribution in [0.2, 0.25) is 10.0 Å². The van der Waals surface area contributed by atoms with Crippen LogP contribution in [0.3, 0.4) is 0 Å². The summed E-state index contributed by atoms with van der Waals surface area (Å²) in [4.78, 5) is 12.9. The van der Waals surface area contributed by atoms with Crippen LogP contribution in [0.1, 0.15) is 5.56 Å². The number of fused-ring (bicyclic) bond motifs is 1. The van der Waals surface area contributed by atoms with Gasteiger partial charge in [0.15, 0.2) is 6.10 Å². The van der Waals surface area contributed by atoms with Gasteiger partial charge in [0.05, 0.1) is 17.1 Å². The molecule has 1 aliphatic heterocycles. The number of anilines is 1. The van der Waals surface area contributed by atoms with E-state index in [1.54, 1.807) is 42.5 Å². The van der Waals surface area contributed by atoms with Crippen molar-refractivity contribution in [3.63, 3.8) is 0 Å². The van der Waals surface area contributed by atoms with Crippen molar-refractivity contribution in [1.29, 1.82) is 0 Å². The Balaban J connectivity index is 1.54. The van der Waals surface area contributed by atoms with Crippen molar-refractivity contribution in [1.82, 2.24) is 5.32 Å². The summed E-state index contributed by atoms with van der Waals surface area (Å²) >= 11 is 12.0. The lowest BCUT2D eigenvalue weighted by Gasteiger charge is -2.34. The van der Waals surface area contributed by atoms with Gasteiger partial charge < -0.3 is 10.1 Å². The standard InChI is InChI=1S/C23H20Cl2N2O4S/c24-17-8-6-16(7-9-17)12-13-26-23(28)22-15-27(20-14-18(25)10-11-21(20)31-22)32(29,30)19-4-2-1-3-5-19/h1-11,14,22H,12-13,15H2,(H,26,28)/t22-/m1/s1. The van der Waals surface area contributed by atoms with E-state index in [4.69, 9.17) is 27.9 Å². The highest BCUT2D eigenvalue weighted by Gasteiger charge is 2.37. The number of sulfonamides is 1. The normalized spacial score (nSPS) is 15.6. The van der Waals surface area contributed by atoms with Crippen LogP contribution in [-0.4, -0.2) is 33.5 Å². The number of halogens is 2. The zero-order valence-corrected chi connectivity index (χ0v) is 19.2. The molecule has 1 aliphatic rings. The van der Waals surface area contributed by atoms with Crippen molar-refractivity contribution in [2.75, 3.05) is 17.4 Å². The number of ether oxygens (including phenoxy) is 1. The second-order valence-electron chi connectivity index (χ2n) is 7.24. The summed E-state index contributed by atoms with van der Waals surface area (Å²) < 4.78 is 33.7. The molecule has 0 aromatic heterocycles. The summed E-state index contributed by atoms with van der Waals surface area (Å²) in [5.41, 5.74) is 1.32. The number of rotatable bonds is 6. The Labute approximate surface area is 196 Å². The van der Waals surface area contributed by atoms with Crippen LogP contribution in [0.25, 0.3) is 0 Å². The molecule has 3 aromatic rings. The smallest absolute Gasteiger partial charge is 0.264 e. The van der Waals surface area contributed by atoms with E-state index in [1.807, 2.05) is 12.1 Å². The summed E-state index contributed by atoms with van der Waals surface area (Å²) in [7, 11) is -3.92. The molecule has 1 amide bonds. The van der Waals surface area contributed by atoms with E-state index in [-0.39, 0.29) is 17.2 Å². The third-order valence-corrected chi connectivity index (χ3v) is 7.32. The number of nitrogens with zero attached hydrogens (tertiary/aromatic N) is 1. The molecule has 0 bridgehead atoms. The van der Waals surface area contributed by atoms with E-state index in [2.05, 4.69) is 5.32 Å². The first-order valence-electron chi connectivity index (χ1n) is 9.91. The topological polar surface area (TPSA) is 75.7 Å². The molecule has 1 atom stereocenters. The Morgan fingerprint density at radius 1 is 1.00 bits per heavy atom. The van der Waals surface area contributed by atoms with Gasteiger partial charge in [0.25, 0.3) is 15.9 Å². The number of hydrogen-bond acceptors (Lipinski definition) is 4. The molecule has 32 heavy (non-hydrogen) atoms. The molecule has 166 valence electrons. The largest absolute Gasteiger partial charge is 0.476 e. The predicted molar refractivity (Wildman–Crippen MR) is 125 cm³/mol. The molecule has 1 N–H and O–H groups in total. The van der Waals surface area contributed by atoms with Crippen molar-refractivity contribution < 1.29 is 17.9 Å².